The minimum atomic E-state index is -0.103. The molecule has 0 aliphatic carbocycles. The van der Waals surface area contributed by atoms with Crippen LogP contribution in [0.3, 0.4) is 0 Å². The van der Waals surface area contributed by atoms with Crippen molar-refractivity contribution < 1.29 is 15.3 Å². The lowest BCUT2D eigenvalue weighted by molar-refractivity contribution is 0.281. The predicted octanol–water partition coefficient (Wildman–Crippen LogP) is 2.76. The molecule has 0 aliphatic heterocycles. The second-order valence-corrected chi connectivity index (χ2v) is 4.02. The number of hydrogen-bond acceptors (Lipinski definition) is 3. The standard InChI is InChI=1S/C15H14O3/c16-10-13-7-12(8-15(18)9-13)2-1-11-3-5-14(17)6-4-11/h1-9,16-18H,10H2/b2-1+. The van der Waals surface area contributed by atoms with Gasteiger partial charge in [0.2, 0.25) is 0 Å². The Morgan fingerprint density at radius 3 is 2.11 bits per heavy atom. The van der Waals surface area contributed by atoms with Gasteiger partial charge in [0.25, 0.3) is 0 Å². The highest BCUT2D eigenvalue weighted by Gasteiger charge is 1.97. The molecule has 0 fully saturated rings. The molecule has 3 heteroatoms. The van der Waals surface area contributed by atoms with Gasteiger partial charge in [-0.15, -0.1) is 0 Å². The molecule has 0 spiro atoms. The van der Waals surface area contributed by atoms with E-state index in [1.54, 1.807) is 36.4 Å². The van der Waals surface area contributed by atoms with Gasteiger partial charge in [0.05, 0.1) is 6.61 Å². The molecule has 0 atom stereocenters. The molecule has 2 aromatic rings. The van der Waals surface area contributed by atoms with Crippen molar-refractivity contribution in [2.75, 3.05) is 0 Å². The van der Waals surface area contributed by atoms with Gasteiger partial charge in [0, 0.05) is 0 Å². The monoisotopic (exact) mass is 242 g/mol. The number of hydrogen-bond donors (Lipinski definition) is 3. The maximum Gasteiger partial charge on any atom is 0.116 e. The average Bonchev–Trinajstić information content (AvgIpc) is 2.37. The minimum Gasteiger partial charge on any atom is -0.508 e. The Hall–Kier alpha value is -2.26. The Bertz CT molecular complexity index is 556. The molecule has 0 radical (unpaired) electrons. The smallest absolute Gasteiger partial charge is 0.116 e. The van der Waals surface area contributed by atoms with Gasteiger partial charge in [-0.3, -0.25) is 0 Å². The van der Waals surface area contributed by atoms with E-state index in [1.165, 1.54) is 6.07 Å². The van der Waals surface area contributed by atoms with E-state index in [0.717, 1.165) is 11.1 Å². The molecule has 0 aliphatic rings. The van der Waals surface area contributed by atoms with Crippen molar-refractivity contribution in [3.8, 4) is 11.5 Å². The van der Waals surface area contributed by atoms with Crippen LogP contribution in [-0.4, -0.2) is 15.3 Å². The zero-order chi connectivity index (χ0) is 13.0. The zero-order valence-electron chi connectivity index (χ0n) is 9.74. The Labute approximate surface area is 105 Å². The summed E-state index contributed by atoms with van der Waals surface area (Å²) in [5.41, 5.74) is 2.43. The number of phenols is 2. The fourth-order valence-corrected chi connectivity index (χ4v) is 1.67. The summed E-state index contributed by atoms with van der Waals surface area (Å²) < 4.78 is 0. The molecule has 92 valence electrons. The number of aliphatic hydroxyl groups is 1. The van der Waals surface area contributed by atoms with Crippen LogP contribution in [0, 0.1) is 0 Å². The van der Waals surface area contributed by atoms with Crippen molar-refractivity contribution >= 4 is 12.2 Å². The summed E-state index contributed by atoms with van der Waals surface area (Å²) in [6.07, 6.45) is 3.71. The lowest BCUT2D eigenvalue weighted by atomic mass is 10.1. The van der Waals surface area contributed by atoms with Crippen LogP contribution in [0.2, 0.25) is 0 Å². The summed E-state index contributed by atoms with van der Waals surface area (Å²) in [5, 5.41) is 27.7. The Kier molecular flexibility index (Phi) is 3.65. The average molecular weight is 242 g/mol. The van der Waals surface area contributed by atoms with Crippen LogP contribution in [0.1, 0.15) is 16.7 Å². The van der Waals surface area contributed by atoms with Crippen molar-refractivity contribution in [1.29, 1.82) is 0 Å². The fraction of sp³-hybridized carbons (Fsp3) is 0.0667. The van der Waals surface area contributed by atoms with Gasteiger partial charge < -0.3 is 15.3 Å². The number of aliphatic hydroxyl groups excluding tert-OH is 1. The predicted molar refractivity (Wildman–Crippen MR) is 71.1 cm³/mol. The molecule has 18 heavy (non-hydrogen) atoms. The molecule has 0 bridgehead atoms. The maximum absolute atomic E-state index is 9.48. The number of benzene rings is 2. The van der Waals surface area contributed by atoms with Crippen molar-refractivity contribution in [3.63, 3.8) is 0 Å². The summed E-state index contributed by atoms with van der Waals surface area (Å²) in [5.74, 6) is 0.360. The SMILES string of the molecule is OCc1cc(O)cc(/C=C/c2ccc(O)cc2)c1. The molecule has 0 heterocycles. The third kappa shape index (κ3) is 3.12. The largest absolute Gasteiger partial charge is 0.508 e. The molecular formula is C15H14O3. The molecule has 2 aromatic carbocycles. The molecule has 2 rings (SSSR count). The van der Waals surface area contributed by atoms with E-state index < -0.39 is 0 Å². The molecule has 0 saturated heterocycles. The van der Waals surface area contributed by atoms with Gasteiger partial charge in [-0.1, -0.05) is 24.3 Å². The Morgan fingerprint density at radius 1 is 0.778 bits per heavy atom. The van der Waals surface area contributed by atoms with E-state index in [9.17, 15) is 5.11 Å². The highest BCUT2D eigenvalue weighted by Crippen LogP contribution is 2.18. The number of rotatable bonds is 3. The van der Waals surface area contributed by atoms with E-state index in [2.05, 4.69) is 0 Å². The first kappa shape index (κ1) is 12.2. The second-order valence-electron chi connectivity index (χ2n) is 4.02. The molecular weight excluding hydrogens is 228 g/mol. The van der Waals surface area contributed by atoms with Gasteiger partial charge in [0.15, 0.2) is 0 Å². The third-order valence-electron chi connectivity index (χ3n) is 2.54. The van der Waals surface area contributed by atoms with Crippen LogP contribution in [0.5, 0.6) is 11.5 Å². The first-order valence-electron chi connectivity index (χ1n) is 5.58. The fourth-order valence-electron chi connectivity index (χ4n) is 1.67. The molecule has 3 N–H and O–H groups in total. The Balaban J connectivity index is 2.22. The van der Waals surface area contributed by atoms with Crippen molar-refractivity contribution in [1.82, 2.24) is 0 Å². The van der Waals surface area contributed by atoms with Crippen LogP contribution in [0.15, 0.2) is 42.5 Å². The molecule has 0 aromatic heterocycles. The van der Waals surface area contributed by atoms with E-state index in [-0.39, 0.29) is 18.1 Å². The molecule has 0 amide bonds. The van der Waals surface area contributed by atoms with Crippen LogP contribution >= 0.6 is 0 Å². The quantitative estimate of drug-likeness (QED) is 0.725. The van der Waals surface area contributed by atoms with E-state index in [1.807, 2.05) is 12.2 Å². The van der Waals surface area contributed by atoms with Gasteiger partial charge in [-0.2, -0.15) is 0 Å². The van der Waals surface area contributed by atoms with E-state index in [0.29, 0.717) is 5.56 Å². The Morgan fingerprint density at radius 2 is 1.44 bits per heavy atom. The van der Waals surface area contributed by atoms with Crippen molar-refractivity contribution in [2.24, 2.45) is 0 Å². The van der Waals surface area contributed by atoms with Crippen LogP contribution < -0.4 is 0 Å². The highest BCUT2D eigenvalue weighted by atomic mass is 16.3. The maximum atomic E-state index is 9.48. The van der Waals surface area contributed by atoms with E-state index >= 15 is 0 Å². The van der Waals surface area contributed by atoms with Crippen molar-refractivity contribution in [2.45, 2.75) is 6.61 Å². The number of aromatic hydroxyl groups is 2. The summed E-state index contributed by atoms with van der Waals surface area (Å²) in [6.45, 7) is -0.103. The lowest BCUT2D eigenvalue weighted by Crippen LogP contribution is -1.84. The molecule has 0 saturated carbocycles. The van der Waals surface area contributed by atoms with Crippen LogP contribution in [0.25, 0.3) is 12.2 Å². The second kappa shape index (κ2) is 5.38. The third-order valence-corrected chi connectivity index (χ3v) is 2.54. The summed E-state index contributed by atoms with van der Waals surface area (Å²) in [4.78, 5) is 0. The van der Waals surface area contributed by atoms with Gasteiger partial charge >= 0.3 is 0 Å². The summed E-state index contributed by atoms with van der Waals surface area (Å²) in [6, 6.07) is 11.8. The normalized spacial score (nSPS) is 10.9. The van der Waals surface area contributed by atoms with Crippen molar-refractivity contribution in [3.05, 3.63) is 59.2 Å². The molecule has 3 nitrogen and oxygen atoms in total. The lowest BCUT2D eigenvalue weighted by Gasteiger charge is -2.01. The topological polar surface area (TPSA) is 60.7 Å². The van der Waals surface area contributed by atoms with Gasteiger partial charge in [-0.25, -0.2) is 0 Å². The molecule has 0 unspecified atom stereocenters. The van der Waals surface area contributed by atoms with E-state index in [4.69, 9.17) is 10.2 Å². The first-order valence-corrected chi connectivity index (χ1v) is 5.58. The summed E-state index contributed by atoms with van der Waals surface area (Å²) >= 11 is 0. The summed E-state index contributed by atoms with van der Waals surface area (Å²) in [7, 11) is 0. The van der Waals surface area contributed by atoms with Gasteiger partial charge in [0.1, 0.15) is 11.5 Å². The minimum absolute atomic E-state index is 0.103. The van der Waals surface area contributed by atoms with Crippen LogP contribution in [0.4, 0.5) is 0 Å². The number of phenolic OH excluding ortho intramolecular Hbond substituents is 2. The zero-order valence-corrected chi connectivity index (χ0v) is 9.74. The first-order chi connectivity index (χ1) is 8.67. The highest BCUT2D eigenvalue weighted by molar-refractivity contribution is 5.70. The van der Waals surface area contributed by atoms with Gasteiger partial charge in [-0.05, 0) is 47.0 Å². The van der Waals surface area contributed by atoms with Crippen LogP contribution in [-0.2, 0) is 6.61 Å².